The van der Waals surface area contributed by atoms with Gasteiger partial charge in [-0.15, -0.1) is 0 Å². The van der Waals surface area contributed by atoms with Crippen LogP contribution in [-0.4, -0.2) is 40.7 Å². The molecular weight excluding hydrogens is 218 g/mol. The summed E-state index contributed by atoms with van der Waals surface area (Å²) in [6.07, 6.45) is 0.661. The van der Waals surface area contributed by atoms with Gasteiger partial charge in [-0.2, -0.15) is 0 Å². The molecule has 1 rings (SSSR count). The minimum absolute atomic E-state index is 0.0259. The van der Waals surface area contributed by atoms with Crippen LogP contribution in [0.4, 0.5) is 0 Å². The molecule has 1 aromatic carbocycles. The molecule has 0 amide bonds. The highest BCUT2D eigenvalue weighted by Gasteiger charge is 2.13. The van der Waals surface area contributed by atoms with Gasteiger partial charge >= 0.3 is 5.97 Å². The Kier molecular flexibility index (Phi) is 4.97. The molecule has 0 spiro atoms. The van der Waals surface area contributed by atoms with Gasteiger partial charge in [-0.05, 0) is 31.1 Å². The standard InChI is InChI=1S/C13H19NO3/c1-3-14(4-2)9-8-10-6-5-7-11(12(10)15)13(16)17/h5-7,15H,3-4,8-9H2,1-2H3,(H,16,17). The molecule has 0 aromatic heterocycles. The summed E-state index contributed by atoms with van der Waals surface area (Å²) in [7, 11) is 0. The van der Waals surface area contributed by atoms with Crippen LogP contribution in [0.1, 0.15) is 29.8 Å². The lowest BCUT2D eigenvalue weighted by Crippen LogP contribution is -2.25. The molecule has 0 fully saturated rings. The van der Waals surface area contributed by atoms with Gasteiger partial charge in [-0.25, -0.2) is 4.79 Å². The Balaban J connectivity index is 2.78. The highest BCUT2D eigenvalue weighted by molar-refractivity contribution is 5.91. The van der Waals surface area contributed by atoms with Crippen molar-refractivity contribution in [1.82, 2.24) is 4.90 Å². The molecular formula is C13H19NO3. The van der Waals surface area contributed by atoms with Crippen LogP contribution in [-0.2, 0) is 6.42 Å². The maximum atomic E-state index is 10.9. The van der Waals surface area contributed by atoms with E-state index in [1.165, 1.54) is 6.07 Å². The Hall–Kier alpha value is -1.55. The number of aromatic hydroxyl groups is 1. The maximum Gasteiger partial charge on any atom is 0.339 e. The fourth-order valence-electron chi connectivity index (χ4n) is 1.78. The minimum atomic E-state index is -1.09. The monoisotopic (exact) mass is 237 g/mol. The lowest BCUT2D eigenvalue weighted by Gasteiger charge is -2.18. The number of hydrogen-bond acceptors (Lipinski definition) is 3. The van der Waals surface area contributed by atoms with Crippen molar-refractivity contribution in [3.8, 4) is 5.75 Å². The van der Waals surface area contributed by atoms with E-state index >= 15 is 0 Å². The summed E-state index contributed by atoms with van der Waals surface area (Å²) in [4.78, 5) is 13.1. The number of carboxylic acids is 1. The second kappa shape index (κ2) is 6.25. The molecule has 0 heterocycles. The topological polar surface area (TPSA) is 60.8 Å². The predicted octanol–water partition coefficient (Wildman–Crippen LogP) is 1.97. The molecule has 0 bridgehead atoms. The first-order valence-corrected chi connectivity index (χ1v) is 5.86. The quantitative estimate of drug-likeness (QED) is 0.794. The Morgan fingerprint density at radius 2 is 1.94 bits per heavy atom. The van der Waals surface area contributed by atoms with Crippen LogP contribution in [0.5, 0.6) is 5.75 Å². The van der Waals surface area contributed by atoms with Crippen molar-refractivity contribution in [3.05, 3.63) is 29.3 Å². The molecule has 0 radical (unpaired) electrons. The Morgan fingerprint density at radius 1 is 1.29 bits per heavy atom. The van der Waals surface area contributed by atoms with Gasteiger partial charge < -0.3 is 15.1 Å². The van der Waals surface area contributed by atoms with E-state index in [0.29, 0.717) is 12.0 Å². The number of para-hydroxylation sites is 1. The molecule has 0 unspecified atom stereocenters. The van der Waals surface area contributed by atoms with Gasteiger partial charge in [0.15, 0.2) is 0 Å². The van der Waals surface area contributed by atoms with Crippen molar-refractivity contribution in [3.63, 3.8) is 0 Å². The molecule has 0 saturated heterocycles. The number of rotatable bonds is 6. The fourth-order valence-corrected chi connectivity index (χ4v) is 1.78. The average molecular weight is 237 g/mol. The molecule has 1 aromatic rings. The fraction of sp³-hybridized carbons (Fsp3) is 0.462. The highest BCUT2D eigenvalue weighted by atomic mass is 16.4. The van der Waals surface area contributed by atoms with Crippen LogP contribution in [0, 0.1) is 0 Å². The summed E-state index contributed by atoms with van der Waals surface area (Å²) in [6, 6.07) is 4.85. The van der Waals surface area contributed by atoms with Crippen molar-refractivity contribution in [2.24, 2.45) is 0 Å². The second-order valence-corrected chi connectivity index (χ2v) is 3.90. The van der Waals surface area contributed by atoms with E-state index in [1.807, 2.05) is 0 Å². The largest absolute Gasteiger partial charge is 0.507 e. The van der Waals surface area contributed by atoms with Crippen LogP contribution in [0.2, 0.25) is 0 Å². The molecule has 4 nitrogen and oxygen atoms in total. The van der Waals surface area contributed by atoms with Gasteiger partial charge in [0.25, 0.3) is 0 Å². The Morgan fingerprint density at radius 3 is 2.47 bits per heavy atom. The van der Waals surface area contributed by atoms with E-state index in [0.717, 1.165) is 19.6 Å². The number of carboxylic acid groups (broad SMARTS) is 1. The zero-order chi connectivity index (χ0) is 12.8. The number of benzene rings is 1. The minimum Gasteiger partial charge on any atom is -0.507 e. The van der Waals surface area contributed by atoms with Gasteiger partial charge in [-0.1, -0.05) is 26.0 Å². The van der Waals surface area contributed by atoms with E-state index in [1.54, 1.807) is 12.1 Å². The molecule has 17 heavy (non-hydrogen) atoms. The number of nitrogens with zero attached hydrogens (tertiary/aromatic N) is 1. The lowest BCUT2D eigenvalue weighted by molar-refractivity contribution is 0.0693. The van der Waals surface area contributed by atoms with Gasteiger partial charge in [0.05, 0.1) is 0 Å². The van der Waals surface area contributed by atoms with Gasteiger partial charge in [0, 0.05) is 6.54 Å². The van der Waals surface area contributed by atoms with Gasteiger partial charge in [-0.3, -0.25) is 0 Å². The van der Waals surface area contributed by atoms with Crippen molar-refractivity contribution < 1.29 is 15.0 Å². The normalized spacial score (nSPS) is 10.8. The Bertz CT molecular complexity index is 386. The smallest absolute Gasteiger partial charge is 0.339 e. The first kappa shape index (κ1) is 13.5. The number of aromatic carboxylic acids is 1. The van der Waals surface area contributed by atoms with E-state index in [-0.39, 0.29) is 11.3 Å². The summed E-state index contributed by atoms with van der Waals surface area (Å²) in [5.41, 5.74) is 0.666. The van der Waals surface area contributed by atoms with Crippen LogP contribution in [0.3, 0.4) is 0 Å². The van der Waals surface area contributed by atoms with Crippen LogP contribution in [0.25, 0.3) is 0 Å². The number of phenols is 1. The van der Waals surface area contributed by atoms with E-state index in [4.69, 9.17) is 5.11 Å². The number of hydrogen-bond donors (Lipinski definition) is 2. The molecule has 2 N–H and O–H groups in total. The summed E-state index contributed by atoms with van der Waals surface area (Å²) in [5, 5.41) is 18.7. The third kappa shape index (κ3) is 3.46. The van der Waals surface area contributed by atoms with E-state index in [9.17, 15) is 9.90 Å². The van der Waals surface area contributed by atoms with Crippen LogP contribution >= 0.6 is 0 Å². The van der Waals surface area contributed by atoms with E-state index in [2.05, 4.69) is 18.7 Å². The SMILES string of the molecule is CCN(CC)CCc1cccc(C(=O)O)c1O. The lowest BCUT2D eigenvalue weighted by atomic mass is 10.1. The third-order valence-electron chi connectivity index (χ3n) is 2.94. The molecule has 0 saturated carbocycles. The molecule has 0 aliphatic heterocycles. The second-order valence-electron chi connectivity index (χ2n) is 3.90. The molecule has 0 atom stereocenters. The number of likely N-dealkylation sites (N-methyl/N-ethyl adjacent to an activating group) is 1. The summed E-state index contributed by atoms with van der Waals surface area (Å²) in [5.74, 6) is -1.20. The first-order valence-electron chi connectivity index (χ1n) is 5.86. The molecule has 4 heteroatoms. The zero-order valence-corrected chi connectivity index (χ0v) is 10.3. The van der Waals surface area contributed by atoms with E-state index < -0.39 is 5.97 Å². The third-order valence-corrected chi connectivity index (χ3v) is 2.94. The Labute approximate surface area is 101 Å². The van der Waals surface area contributed by atoms with Gasteiger partial charge in [0.1, 0.15) is 11.3 Å². The van der Waals surface area contributed by atoms with Gasteiger partial charge in [0.2, 0.25) is 0 Å². The van der Waals surface area contributed by atoms with Crippen LogP contribution in [0.15, 0.2) is 18.2 Å². The highest BCUT2D eigenvalue weighted by Crippen LogP contribution is 2.23. The average Bonchev–Trinajstić information content (AvgIpc) is 2.32. The molecule has 0 aliphatic rings. The maximum absolute atomic E-state index is 10.9. The van der Waals surface area contributed by atoms with Crippen molar-refractivity contribution in [1.29, 1.82) is 0 Å². The molecule has 94 valence electrons. The first-order chi connectivity index (χ1) is 8.10. The van der Waals surface area contributed by atoms with Crippen molar-refractivity contribution >= 4 is 5.97 Å². The summed E-state index contributed by atoms with van der Waals surface area (Å²) < 4.78 is 0. The summed E-state index contributed by atoms with van der Waals surface area (Å²) in [6.45, 7) is 6.89. The van der Waals surface area contributed by atoms with Crippen molar-refractivity contribution in [2.45, 2.75) is 20.3 Å². The van der Waals surface area contributed by atoms with Crippen molar-refractivity contribution in [2.75, 3.05) is 19.6 Å². The number of carbonyl (C=O) groups is 1. The van der Waals surface area contributed by atoms with Crippen LogP contribution < -0.4 is 0 Å². The zero-order valence-electron chi connectivity index (χ0n) is 10.3. The predicted molar refractivity (Wildman–Crippen MR) is 66.6 cm³/mol. The summed E-state index contributed by atoms with van der Waals surface area (Å²) >= 11 is 0. The molecule has 0 aliphatic carbocycles.